The van der Waals surface area contributed by atoms with E-state index in [1.165, 1.54) is 6.20 Å². The summed E-state index contributed by atoms with van der Waals surface area (Å²) in [5.74, 6) is -0.850. The number of hydrogen-bond acceptors (Lipinski definition) is 4. The third-order valence-corrected chi connectivity index (χ3v) is 3.13. The number of aliphatic carboxylic acids is 1. The van der Waals surface area contributed by atoms with Crippen molar-refractivity contribution in [1.29, 1.82) is 0 Å². The smallest absolute Gasteiger partial charge is 0.326 e. The Balaban J connectivity index is 2.68. The second-order valence-electron chi connectivity index (χ2n) is 5.90. The fraction of sp³-hybridized carbons (Fsp3) is 0.500. The van der Waals surface area contributed by atoms with Gasteiger partial charge in [-0.3, -0.25) is 4.79 Å². The van der Waals surface area contributed by atoms with E-state index >= 15 is 0 Å². The van der Waals surface area contributed by atoms with Crippen LogP contribution < -0.4 is 10.2 Å². The number of carbonyl (C=O) groups excluding carboxylic acids is 1. The molecule has 0 saturated carbocycles. The van der Waals surface area contributed by atoms with Crippen LogP contribution in [0.3, 0.4) is 0 Å². The van der Waals surface area contributed by atoms with Crippen molar-refractivity contribution < 1.29 is 14.7 Å². The van der Waals surface area contributed by atoms with Gasteiger partial charge in [0.1, 0.15) is 11.9 Å². The minimum absolute atomic E-state index is 0.00842. The van der Waals surface area contributed by atoms with Gasteiger partial charge in [-0.25, -0.2) is 9.78 Å². The van der Waals surface area contributed by atoms with E-state index in [4.69, 9.17) is 11.6 Å². The monoisotopic (exact) mass is 313 g/mol. The fourth-order valence-electron chi connectivity index (χ4n) is 1.75. The maximum absolute atomic E-state index is 12.0. The van der Waals surface area contributed by atoms with Crippen molar-refractivity contribution in [2.75, 3.05) is 18.5 Å². The molecule has 1 aromatic heterocycles. The highest BCUT2D eigenvalue weighted by atomic mass is 35.5. The molecule has 0 aliphatic rings. The molecule has 0 fully saturated rings. The molecule has 21 heavy (non-hydrogen) atoms. The van der Waals surface area contributed by atoms with Gasteiger partial charge in [-0.15, -0.1) is 0 Å². The van der Waals surface area contributed by atoms with Crippen molar-refractivity contribution in [3.63, 3.8) is 0 Å². The Labute approximate surface area is 129 Å². The van der Waals surface area contributed by atoms with Gasteiger partial charge in [0.2, 0.25) is 5.91 Å². The Morgan fingerprint density at radius 3 is 2.48 bits per heavy atom. The Morgan fingerprint density at radius 1 is 1.43 bits per heavy atom. The van der Waals surface area contributed by atoms with Crippen molar-refractivity contribution in [3.8, 4) is 0 Å². The summed E-state index contributed by atoms with van der Waals surface area (Å²) in [6.07, 6.45) is 1.49. The Hall–Kier alpha value is -1.82. The summed E-state index contributed by atoms with van der Waals surface area (Å²) in [5, 5.41) is 12.2. The number of nitrogens with zero attached hydrogens (tertiary/aromatic N) is 2. The molecule has 0 aromatic carbocycles. The van der Waals surface area contributed by atoms with E-state index in [1.807, 2.05) is 0 Å². The minimum atomic E-state index is -1.05. The SMILES string of the molecule is CN(CC(=O)NC(C(=O)O)C(C)(C)C)c1ccc(Cl)cn1. The number of halogens is 1. The van der Waals surface area contributed by atoms with Gasteiger partial charge in [0.05, 0.1) is 11.6 Å². The first-order valence-corrected chi connectivity index (χ1v) is 6.84. The predicted molar refractivity (Wildman–Crippen MR) is 81.5 cm³/mol. The van der Waals surface area contributed by atoms with Crippen molar-refractivity contribution in [2.24, 2.45) is 5.41 Å². The fourth-order valence-corrected chi connectivity index (χ4v) is 1.86. The standard InChI is InChI=1S/C14H20ClN3O3/c1-14(2,3)12(13(20)21)17-11(19)8-18(4)10-6-5-9(15)7-16-10/h5-7,12H,8H2,1-4H3,(H,17,19)(H,20,21). The molecule has 1 unspecified atom stereocenters. The lowest BCUT2D eigenvalue weighted by Gasteiger charge is -2.28. The highest BCUT2D eigenvalue weighted by molar-refractivity contribution is 6.30. The molecule has 0 bridgehead atoms. The second-order valence-corrected chi connectivity index (χ2v) is 6.33. The quantitative estimate of drug-likeness (QED) is 0.866. The van der Waals surface area contributed by atoms with Crippen LogP contribution in [0.25, 0.3) is 0 Å². The van der Waals surface area contributed by atoms with Crippen LogP contribution in [-0.2, 0) is 9.59 Å². The number of amides is 1. The van der Waals surface area contributed by atoms with E-state index in [0.717, 1.165) is 0 Å². The summed E-state index contributed by atoms with van der Waals surface area (Å²) in [6, 6.07) is 2.42. The molecule has 7 heteroatoms. The van der Waals surface area contributed by atoms with Crippen molar-refractivity contribution >= 4 is 29.3 Å². The Kier molecular flexibility index (Phi) is 5.54. The largest absolute Gasteiger partial charge is 0.480 e. The molecule has 2 N–H and O–H groups in total. The molecule has 116 valence electrons. The second kappa shape index (κ2) is 6.76. The zero-order chi connectivity index (χ0) is 16.2. The van der Waals surface area contributed by atoms with Crippen LogP contribution in [0.4, 0.5) is 5.82 Å². The van der Waals surface area contributed by atoms with Crippen molar-refractivity contribution in [1.82, 2.24) is 10.3 Å². The molecular formula is C14H20ClN3O3. The number of likely N-dealkylation sites (N-methyl/N-ethyl adjacent to an activating group) is 1. The molecule has 0 aliphatic heterocycles. The number of aromatic nitrogens is 1. The zero-order valence-electron chi connectivity index (χ0n) is 12.6. The lowest BCUT2D eigenvalue weighted by molar-refractivity contribution is -0.144. The van der Waals surface area contributed by atoms with Crippen LogP contribution in [0.2, 0.25) is 5.02 Å². The van der Waals surface area contributed by atoms with Crippen LogP contribution in [0.15, 0.2) is 18.3 Å². The summed E-state index contributed by atoms with van der Waals surface area (Å²) in [4.78, 5) is 28.9. The lowest BCUT2D eigenvalue weighted by Crippen LogP contribution is -2.51. The van der Waals surface area contributed by atoms with Gasteiger partial charge < -0.3 is 15.3 Å². The summed E-state index contributed by atoms with van der Waals surface area (Å²) in [7, 11) is 1.70. The molecule has 1 atom stereocenters. The van der Waals surface area contributed by atoms with E-state index in [0.29, 0.717) is 10.8 Å². The van der Waals surface area contributed by atoms with E-state index in [-0.39, 0.29) is 12.5 Å². The summed E-state index contributed by atoms with van der Waals surface area (Å²) >= 11 is 5.75. The van der Waals surface area contributed by atoms with Crippen LogP contribution >= 0.6 is 11.6 Å². The van der Waals surface area contributed by atoms with E-state index in [1.54, 1.807) is 44.9 Å². The van der Waals surface area contributed by atoms with E-state index in [2.05, 4.69) is 10.3 Å². The number of anilines is 1. The van der Waals surface area contributed by atoms with Crippen molar-refractivity contribution in [3.05, 3.63) is 23.4 Å². The molecular weight excluding hydrogens is 294 g/mol. The molecule has 6 nitrogen and oxygen atoms in total. The van der Waals surface area contributed by atoms with Gasteiger partial charge in [0.15, 0.2) is 0 Å². The Morgan fingerprint density at radius 2 is 2.05 bits per heavy atom. The maximum Gasteiger partial charge on any atom is 0.326 e. The first-order chi connectivity index (χ1) is 9.61. The zero-order valence-corrected chi connectivity index (χ0v) is 13.3. The number of nitrogens with one attached hydrogen (secondary N) is 1. The highest BCUT2D eigenvalue weighted by Crippen LogP contribution is 2.19. The topological polar surface area (TPSA) is 82.5 Å². The average Bonchev–Trinajstić information content (AvgIpc) is 2.35. The molecule has 1 aromatic rings. The highest BCUT2D eigenvalue weighted by Gasteiger charge is 2.32. The predicted octanol–water partition coefficient (Wildman–Crippen LogP) is 1.79. The molecule has 0 radical (unpaired) electrons. The third kappa shape index (κ3) is 5.23. The average molecular weight is 314 g/mol. The van der Waals surface area contributed by atoms with Gasteiger partial charge in [-0.2, -0.15) is 0 Å². The lowest BCUT2D eigenvalue weighted by atomic mass is 9.87. The molecule has 1 amide bonds. The van der Waals surface area contributed by atoms with Gasteiger partial charge in [0.25, 0.3) is 0 Å². The first-order valence-electron chi connectivity index (χ1n) is 6.46. The summed E-state index contributed by atoms with van der Waals surface area (Å²) in [6.45, 7) is 5.29. The Bertz CT molecular complexity index is 511. The molecule has 0 saturated heterocycles. The van der Waals surface area contributed by atoms with Crippen LogP contribution in [0, 0.1) is 5.41 Å². The number of pyridine rings is 1. The normalized spacial score (nSPS) is 12.6. The first kappa shape index (κ1) is 17.2. The number of hydrogen-bond donors (Lipinski definition) is 2. The molecule has 1 heterocycles. The molecule has 0 aliphatic carbocycles. The minimum Gasteiger partial charge on any atom is -0.480 e. The van der Waals surface area contributed by atoms with Crippen molar-refractivity contribution in [2.45, 2.75) is 26.8 Å². The molecule has 1 rings (SSSR count). The van der Waals surface area contributed by atoms with Gasteiger partial charge in [-0.1, -0.05) is 32.4 Å². The van der Waals surface area contributed by atoms with Crippen LogP contribution in [0.1, 0.15) is 20.8 Å². The van der Waals surface area contributed by atoms with Crippen LogP contribution in [-0.4, -0.2) is 41.6 Å². The number of carboxylic acids is 1. The third-order valence-electron chi connectivity index (χ3n) is 2.90. The number of carbonyl (C=O) groups is 2. The maximum atomic E-state index is 12.0. The summed E-state index contributed by atoms with van der Waals surface area (Å²) in [5.41, 5.74) is -0.571. The van der Waals surface area contributed by atoms with Gasteiger partial charge >= 0.3 is 5.97 Å². The van der Waals surface area contributed by atoms with Gasteiger partial charge in [-0.05, 0) is 17.5 Å². The number of carboxylic acid groups (broad SMARTS) is 1. The summed E-state index contributed by atoms with van der Waals surface area (Å²) < 4.78 is 0. The van der Waals surface area contributed by atoms with E-state index in [9.17, 15) is 14.7 Å². The van der Waals surface area contributed by atoms with E-state index < -0.39 is 17.4 Å². The van der Waals surface area contributed by atoms with Gasteiger partial charge in [0, 0.05) is 13.2 Å². The van der Waals surface area contributed by atoms with Crippen LogP contribution in [0.5, 0.6) is 0 Å². The number of rotatable bonds is 5. The molecule has 0 spiro atoms.